The Morgan fingerprint density at radius 3 is 2.43 bits per heavy atom. The molecular weight excluding hydrogens is 553 g/mol. The summed E-state index contributed by atoms with van der Waals surface area (Å²) in [5.74, 6) is -0.511. The summed E-state index contributed by atoms with van der Waals surface area (Å²) in [5, 5.41) is 2.48. The molecule has 2 heterocycles. The fraction of sp³-hybridized carbons (Fsp3) is 0.435. The summed E-state index contributed by atoms with van der Waals surface area (Å²) in [6.45, 7) is 9.46. The molecule has 0 unspecified atom stereocenters. The molecule has 0 bridgehead atoms. The number of aromatic nitrogens is 1. The van der Waals surface area contributed by atoms with E-state index in [4.69, 9.17) is 11.6 Å². The Balaban J connectivity index is 1.68. The van der Waals surface area contributed by atoms with Gasteiger partial charge in [-0.05, 0) is 47.1 Å². The van der Waals surface area contributed by atoms with Crippen LogP contribution in [0.3, 0.4) is 0 Å². The van der Waals surface area contributed by atoms with Crippen LogP contribution in [0.1, 0.15) is 38.1 Å². The van der Waals surface area contributed by atoms with Crippen LogP contribution in [0.25, 0.3) is 0 Å². The number of hydrogen-bond acceptors (Lipinski definition) is 5. The summed E-state index contributed by atoms with van der Waals surface area (Å²) in [4.78, 5) is 33.5. The van der Waals surface area contributed by atoms with Gasteiger partial charge in [0, 0.05) is 36.7 Å². The van der Waals surface area contributed by atoms with E-state index in [-0.39, 0.29) is 27.0 Å². The van der Waals surface area contributed by atoms with Crippen LogP contribution in [0.15, 0.2) is 34.9 Å². The van der Waals surface area contributed by atoms with Gasteiger partial charge in [-0.15, -0.1) is 13.2 Å². The van der Waals surface area contributed by atoms with Gasteiger partial charge in [-0.2, -0.15) is 0 Å². The van der Waals surface area contributed by atoms with Crippen molar-refractivity contribution in [2.45, 2.75) is 40.1 Å². The lowest BCUT2D eigenvalue weighted by Gasteiger charge is -2.42. The highest BCUT2D eigenvalue weighted by Gasteiger charge is 2.34. The predicted octanol–water partition coefficient (Wildman–Crippen LogP) is 5.73. The molecule has 0 aliphatic carbocycles. The zero-order valence-corrected chi connectivity index (χ0v) is 21.9. The second-order valence-corrected chi connectivity index (χ2v) is 10.4. The number of carbonyl (C=O) groups is 2. The molecule has 35 heavy (non-hydrogen) atoms. The van der Waals surface area contributed by atoms with Crippen LogP contribution in [0.2, 0.25) is 5.02 Å². The number of carbonyl (C=O) groups excluding carboxylic acids is 2. The van der Waals surface area contributed by atoms with Crippen LogP contribution in [0, 0.1) is 5.41 Å². The lowest BCUT2D eigenvalue weighted by atomic mass is 9.94. The Morgan fingerprint density at radius 2 is 1.89 bits per heavy atom. The predicted molar refractivity (Wildman–Crippen MR) is 131 cm³/mol. The summed E-state index contributed by atoms with van der Waals surface area (Å²) in [5.41, 5.74) is -0.210. The standard InChI is InChI=1S/C23H25BrClF3N4O3/c1-13-12-31(21(34)22(2,3)4)7-8-32(13)18-6-5-15(11-29-18)30-20(33)14-9-16(25)19(24)17(10-14)35-23(26,27)28/h5-6,9-11,13H,7-8,12H2,1-4H3,(H,30,33)/t13-/m1/s1. The van der Waals surface area contributed by atoms with E-state index in [0.717, 1.165) is 6.07 Å². The van der Waals surface area contributed by atoms with Crippen molar-refractivity contribution in [1.29, 1.82) is 0 Å². The summed E-state index contributed by atoms with van der Waals surface area (Å²) in [7, 11) is 0. The molecule has 1 aromatic carbocycles. The summed E-state index contributed by atoms with van der Waals surface area (Å²) < 4.78 is 41.8. The van der Waals surface area contributed by atoms with Crippen molar-refractivity contribution in [3.8, 4) is 5.75 Å². The number of alkyl halides is 3. The monoisotopic (exact) mass is 576 g/mol. The Bertz CT molecular complexity index is 1110. The third kappa shape index (κ3) is 6.78. The molecule has 0 saturated carbocycles. The molecule has 12 heteroatoms. The van der Waals surface area contributed by atoms with Crippen LogP contribution in [0.4, 0.5) is 24.7 Å². The Labute approximate surface area is 214 Å². The minimum Gasteiger partial charge on any atom is -0.405 e. The molecule has 1 aromatic heterocycles. The van der Waals surface area contributed by atoms with Crippen molar-refractivity contribution in [3.05, 3.63) is 45.5 Å². The largest absolute Gasteiger partial charge is 0.573 e. The fourth-order valence-electron chi connectivity index (χ4n) is 3.68. The van der Waals surface area contributed by atoms with Crippen molar-refractivity contribution in [1.82, 2.24) is 9.88 Å². The summed E-state index contributed by atoms with van der Waals surface area (Å²) in [6.07, 6.45) is -3.48. The number of piperazine rings is 1. The van der Waals surface area contributed by atoms with Gasteiger partial charge in [0.2, 0.25) is 5.91 Å². The molecule has 1 aliphatic heterocycles. The van der Waals surface area contributed by atoms with Crippen LogP contribution in [0.5, 0.6) is 5.75 Å². The average Bonchev–Trinajstić information content (AvgIpc) is 2.75. The van der Waals surface area contributed by atoms with E-state index in [9.17, 15) is 22.8 Å². The molecule has 0 spiro atoms. The SMILES string of the molecule is C[C@@H]1CN(C(=O)C(C)(C)C)CCN1c1ccc(NC(=O)c2cc(Cl)c(Br)c(OC(F)(F)F)c2)cn1. The van der Waals surface area contributed by atoms with E-state index in [2.05, 4.69) is 35.9 Å². The highest BCUT2D eigenvalue weighted by Crippen LogP contribution is 2.37. The summed E-state index contributed by atoms with van der Waals surface area (Å²) in [6, 6.07) is 5.60. The lowest BCUT2D eigenvalue weighted by molar-refractivity contribution is -0.274. The zero-order chi connectivity index (χ0) is 26.1. The van der Waals surface area contributed by atoms with E-state index in [1.807, 2.05) is 32.6 Å². The normalized spacial score (nSPS) is 16.8. The maximum Gasteiger partial charge on any atom is 0.573 e. The van der Waals surface area contributed by atoms with Gasteiger partial charge in [0.1, 0.15) is 11.6 Å². The Kier molecular flexibility index (Phi) is 7.90. The van der Waals surface area contributed by atoms with Crippen LogP contribution in [-0.2, 0) is 4.79 Å². The van der Waals surface area contributed by atoms with E-state index in [1.54, 1.807) is 12.1 Å². The second kappa shape index (κ2) is 10.2. The van der Waals surface area contributed by atoms with E-state index < -0.39 is 23.4 Å². The smallest absolute Gasteiger partial charge is 0.405 e. The molecule has 7 nitrogen and oxygen atoms in total. The van der Waals surface area contributed by atoms with E-state index in [1.165, 1.54) is 12.3 Å². The molecule has 2 amide bonds. The van der Waals surface area contributed by atoms with Crippen LogP contribution >= 0.6 is 27.5 Å². The number of hydrogen-bond donors (Lipinski definition) is 1. The van der Waals surface area contributed by atoms with Gasteiger partial charge >= 0.3 is 6.36 Å². The Hall–Kier alpha value is -2.53. The first-order valence-electron chi connectivity index (χ1n) is 10.7. The Morgan fingerprint density at radius 1 is 1.20 bits per heavy atom. The van der Waals surface area contributed by atoms with Crippen molar-refractivity contribution < 1.29 is 27.5 Å². The average molecular weight is 578 g/mol. The van der Waals surface area contributed by atoms with Gasteiger partial charge in [0.15, 0.2) is 0 Å². The highest BCUT2D eigenvalue weighted by molar-refractivity contribution is 9.10. The molecular formula is C23H25BrClF3N4O3. The number of halogens is 5. The number of amides is 2. The maximum atomic E-state index is 12.6. The number of benzene rings is 1. The maximum absolute atomic E-state index is 12.6. The van der Waals surface area contributed by atoms with E-state index in [0.29, 0.717) is 31.1 Å². The number of pyridine rings is 1. The number of nitrogens with zero attached hydrogens (tertiary/aromatic N) is 3. The van der Waals surface area contributed by atoms with Gasteiger partial charge < -0.3 is 19.9 Å². The van der Waals surface area contributed by atoms with Gasteiger partial charge in [-0.25, -0.2) is 4.98 Å². The van der Waals surface area contributed by atoms with Gasteiger partial charge in [-0.1, -0.05) is 32.4 Å². The number of nitrogens with one attached hydrogen (secondary N) is 1. The molecule has 0 radical (unpaired) electrons. The molecule has 3 rings (SSSR count). The zero-order valence-electron chi connectivity index (χ0n) is 19.5. The fourth-order valence-corrected chi connectivity index (χ4v) is 4.20. The highest BCUT2D eigenvalue weighted by atomic mass is 79.9. The minimum atomic E-state index is -4.94. The van der Waals surface area contributed by atoms with Crippen molar-refractivity contribution in [3.63, 3.8) is 0 Å². The topological polar surface area (TPSA) is 74.8 Å². The van der Waals surface area contributed by atoms with Crippen molar-refractivity contribution >= 4 is 50.9 Å². The summed E-state index contributed by atoms with van der Waals surface area (Å²) >= 11 is 8.88. The first-order chi connectivity index (χ1) is 16.2. The third-order valence-corrected chi connectivity index (χ3v) is 6.68. The molecule has 1 atom stereocenters. The first kappa shape index (κ1) is 27.1. The van der Waals surface area contributed by atoms with Crippen LogP contribution in [-0.4, -0.2) is 53.7 Å². The molecule has 2 aromatic rings. The van der Waals surface area contributed by atoms with Gasteiger partial charge in [0.05, 0.1) is 21.4 Å². The lowest BCUT2D eigenvalue weighted by Crippen LogP contribution is -2.56. The first-order valence-corrected chi connectivity index (χ1v) is 11.9. The number of anilines is 2. The minimum absolute atomic E-state index is 0.0416. The third-order valence-electron chi connectivity index (χ3n) is 5.34. The van der Waals surface area contributed by atoms with Gasteiger partial charge in [0.25, 0.3) is 5.91 Å². The van der Waals surface area contributed by atoms with E-state index >= 15 is 0 Å². The molecule has 190 valence electrons. The number of rotatable bonds is 4. The van der Waals surface area contributed by atoms with Gasteiger partial charge in [-0.3, -0.25) is 9.59 Å². The second-order valence-electron chi connectivity index (χ2n) is 9.22. The number of ether oxygens (including phenoxy) is 1. The van der Waals surface area contributed by atoms with Crippen molar-refractivity contribution in [2.24, 2.45) is 5.41 Å². The molecule has 1 aliphatic rings. The molecule has 1 saturated heterocycles. The quantitative estimate of drug-likeness (QED) is 0.502. The van der Waals surface area contributed by atoms with Crippen molar-refractivity contribution in [2.75, 3.05) is 29.9 Å². The van der Waals surface area contributed by atoms with Crippen LogP contribution < -0.4 is 15.0 Å². The molecule has 1 N–H and O–H groups in total. The molecule has 1 fully saturated rings.